The Labute approximate surface area is 113 Å². The van der Waals surface area contributed by atoms with Crippen LogP contribution in [0.5, 0.6) is 0 Å². The lowest BCUT2D eigenvalue weighted by atomic mass is 10.4. The summed E-state index contributed by atoms with van der Waals surface area (Å²) in [5, 5.41) is 1.69. The van der Waals surface area contributed by atoms with Crippen molar-refractivity contribution in [2.75, 3.05) is 0 Å². The summed E-state index contributed by atoms with van der Waals surface area (Å²) in [4.78, 5) is 22.2. The van der Waals surface area contributed by atoms with Gasteiger partial charge in [-0.25, -0.2) is 4.89 Å². The van der Waals surface area contributed by atoms with E-state index in [4.69, 9.17) is 0 Å². The highest BCUT2D eigenvalue weighted by molar-refractivity contribution is 7.87. The molecule has 3 heteroatoms. The zero-order chi connectivity index (χ0) is 13.7. The summed E-state index contributed by atoms with van der Waals surface area (Å²) in [5.41, 5.74) is 0. The van der Waals surface area contributed by atoms with Crippen molar-refractivity contribution in [3.05, 3.63) is 72.6 Å². The topological polar surface area (TPSA) is 37.3 Å². The third kappa shape index (κ3) is 3.17. The second-order valence-electron chi connectivity index (χ2n) is 4.28. The Hall–Kier alpha value is -1.76. The van der Waals surface area contributed by atoms with Gasteiger partial charge in [0.25, 0.3) is 0 Å². The van der Waals surface area contributed by atoms with Gasteiger partial charge in [-0.3, -0.25) is 4.79 Å². The molecule has 2 aromatic carbocycles. The van der Waals surface area contributed by atoms with Crippen LogP contribution in [0.4, 0.5) is 0 Å². The number of carbonyl (C=O) groups is 1. The number of hydrogen-bond donors (Lipinski definition) is 1. The van der Waals surface area contributed by atoms with E-state index >= 15 is 0 Å². The summed E-state index contributed by atoms with van der Waals surface area (Å²) in [6.45, 7) is 1.48. The highest BCUT2D eigenvalue weighted by Crippen LogP contribution is 2.53. The number of rotatable bonds is 4. The second kappa shape index (κ2) is 5.92. The molecular formula is C16H16O2P+. The van der Waals surface area contributed by atoms with Gasteiger partial charge in [-0.05, 0) is 31.2 Å². The highest BCUT2D eigenvalue weighted by atomic mass is 31.2. The Morgan fingerprint density at radius 2 is 1.37 bits per heavy atom. The minimum absolute atomic E-state index is 0.0645. The molecule has 0 amide bonds. The number of benzene rings is 2. The first kappa shape index (κ1) is 13.7. The maximum absolute atomic E-state index is 11.2. The SMILES string of the molecule is CC(=O)/C=C/[P+](O)(c1ccccc1)c1ccccc1. The number of carbonyl (C=O) groups excluding carboxylic acids is 1. The van der Waals surface area contributed by atoms with Crippen molar-refractivity contribution in [1.29, 1.82) is 0 Å². The van der Waals surface area contributed by atoms with E-state index in [1.54, 1.807) is 5.82 Å². The highest BCUT2D eigenvalue weighted by Gasteiger charge is 2.38. The fourth-order valence-electron chi connectivity index (χ4n) is 1.84. The van der Waals surface area contributed by atoms with Crippen molar-refractivity contribution in [3.8, 4) is 0 Å². The lowest BCUT2D eigenvalue weighted by Gasteiger charge is -2.15. The van der Waals surface area contributed by atoms with Crippen LogP contribution in [0.2, 0.25) is 0 Å². The molecule has 96 valence electrons. The largest absolute Gasteiger partial charge is 0.295 e. The molecule has 0 aliphatic carbocycles. The first-order valence-electron chi connectivity index (χ1n) is 6.05. The smallest absolute Gasteiger partial charge is 0.231 e. The molecular weight excluding hydrogens is 255 g/mol. The average molecular weight is 271 g/mol. The second-order valence-corrected chi connectivity index (χ2v) is 6.98. The van der Waals surface area contributed by atoms with Crippen molar-refractivity contribution in [3.63, 3.8) is 0 Å². The molecule has 0 fully saturated rings. The molecule has 0 saturated carbocycles. The Morgan fingerprint density at radius 1 is 0.947 bits per heavy atom. The van der Waals surface area contributed by atoms with Crippen LogP contribution in [-0.2, 0) is 4.79 Å². The molecule has 0 heterocycles. The summed E-state index contributed by atoms with van der Waals surface area (Å²) >= 11 is 0. The van der Waals surface area contributed by atoms with Gasteiger partial charge in [0.2, 0.25) is 7.49 Å². The van der Waals surface area contributed by atoms with E-state index in [0.717, 1.165) is 10.6 Å². The van der Waals surface area contributed by atoms with Crippen LogP contribution in [0, 0.1) is 0 Å². The summed E-state index contributed by atoms with van der Waals surface area (Å²) in [5.74, 6) is 1.59. The van der Waals surface area contributed by atoms with Crippen molar-refractivity contribution in [2.45, 2.75) is 6.92 Å². The molecule has 0 saturated heterocycles. The molecule has 0 aliphatic heterocycles. The number of allylic oxidation sites excluding steroid dienone is 1. The van der Waals surface area contributed by atoms with Gasteiger partial charge in [0.1, 0.15) is 16.4 Å². The van der Waals surface area contributed by atoms with Crippen LogP contribution < -0.4 is 10.6 Å². The Morgan fingerprint density at radius 3 is 1.74 bits per heavy atom. The normalized spacial score (nSPS) is 11.7. The fourth-order valence-corrected chi connectivity index (χ4v) is 4.17. The van der Waals surface area contributed by atoms with Gasteiger partial charge in [-0.2, -0.15) is 0 Å². The molecule has 0 aromatic heterocycles. The number of hydrogen-bond acceptors (Lipinski definition) is 2. The van der Waals surface area contributed by atoms with Crippen molar-refractivity contribution in [1.82, 2.24) is 0 Å². The minimum atomic E-state index is -2.63. The molecule has 0 radical (unpaired) electrons. The predicted molar refractivity (Wildman–Crippen MR) is 81.1 cm³/mol. The van der Waals surface area contributed by atoms with E-state index in [2.05, 4.69) is 0 Å². The Balaban J connectivity index is 2.54. The molecule has 19 heavy (non-hydrogen) atoms. The standard InChI is InChI=1S/C16H16O2P/c1-14(17)12-13-19(18,15-8-4-2-5-9-15)16-10-6-3-7-11-16/h2-13,18H,1H3/q+1/b13-12+. The molecule has 2 rings (SSSR count). The Bertz CT molecular complexity index is 537. The maximum atomic E-state index is 11.2. The molecule has 0 bridgehead atoms. The fraction of sp³-hybridized carbons (Fsp3) is 0.0625. The van der Waals surface area contributed by atoms with E-state index in [-0.39, 0.29) is 5.78 Å². The number of ketones is 1. The average Bonchev–Trinajstić information content (AvgIpc) is 2.46. The molecule has 2 aromatic rings. The van der Waals surface area contributed by atoms with Gasteiger partial charge in [0.05, 0.1) is 0 Å². The monoisotopic (exact) mass is 271 g/mol. The van der Waals surface area contributed by atoms with E-state index in [0.29, 0.717) is 0 Å². The molecule has 1 N–H and O–H groups in total. The first-order chi connectivity index (χ1) is 9.13. The predicted octanol–water partition coefficient (Wildman–Crippen LogP) is 2.67. The molecule has 2 nitrogen and oxygen atoms in total. The van der Waals surface area contributed by atoms with E-state index in [1.165, 1.54) is 13.0 Å². The first-order valence-corrected chi connectivity index (χ1v) is 7.86. The van der Waals surface area contributed by atoms with E-state index in [9.17, 15) is 9.69 Å². The minimum Gasteiger partial charge on any atom is -0.295 e. The van der Waals surface area contributed by atoms with Gasteiger partial charge < -0.3 is 0 Å². The van der Waals surface area contributed by atoms with Gasteiger partial charge in [-0.1, -0.05) is 36.4 Å². The summed E-state index contributed by atoms with van der Waals surface area (Å²) in [7, 11) is -2.63. The third-order valence-electron chi connectivity index (χ3n) is 2.82. The van der Waals surface area contributed by atoms with E-state index in [1.807, 2.05) is 60.7 Å². The van der Waals surface area contributed by atoms with Gasteiger partial charge in [0, 0.05) is 6.08 Å². The zero-order valence-electron chi connectivity index (χ0n) is 10.7. The molecule has 0 aliphatic rings. The molecule has 0 atom stereocenters. The summed E-state index contributed by atoms with van der Waals surface area (Å²) in [6.07, 6.45) is 1.45. The van der Waals surface area contributed by atoms with Gasteiger partial charge >= 0.3 is 0 Å². The quantitative estimate of drug-likeness (QED) is 0.685. The molecule has 0 spiro atoms. The lowest BCUT2D eigenvalue weighted by molar-refractivity contribution is -0.112. The summed E-state index contributed by atoms with van der Waals surface area (Å²) in [6, 6.07) is 19.0. The maximum Gasteiger partial charge on any atom is 0.231 e. The van der Waals surface area contributed by atoms with Gasteiger partial charge in [-0.15, -0.1) is 0 Å². The van der Waals surface area contributed by atoms with Crippen LogP contribution in [0.1, 0.15) is 6.92 Å². The van der Waals surface area contributed by atoms with Gasteiger partial charge in [0.15, 0.2) is 5.78 Å². The van der Waals surface area contributed by atoms with Crippen LogP contribution in [0.15, 0.2) is 72.6 Å². The zero-order valence-corrected chi connectivity index (χ0v) is 11.6. The van der Waals surface area contributed by atoms with Crippen LogP contribution in [0.3, 0.4) is 0 Å². The summed E-state index contributed by atoms with van der Waals surface area (Å²) < 4.78 is 0. The van der Waals surface area contributed by atoms with Crippen molar-refractivity contribution < 1.29 is 9.69 Å². The third-order valence-corrected chi connectivity index (χ3v) is 5.58. The van der Waals surface area contributed by atoms with Crippen molar-refractivity contribution >= 4 is 23.9 Å². The molecule has 0 unspecified atom stereocenters. The van der Waals surface area contributed by atoms with E-state index < -0.39 is 7.49 Å². The van der Waals surface area contributed by atoms with Crippen LogP contribution >= 0.6 is 7.49 Å². The Kier molecular flexibility index (Phi) is 4.26. The van der Waals surface area contributed by atoms with Crippen LogP contribution in [-0.4, -0.2) is 10.7 Å². The lowest BCUT2D eigenvalue weighted by Crippen LogP contribution is -2.20. The van der Waals surface area contributed by atoms with Crippen LogP contribution in [0.25, 0.3) is 0 Å². The van der Waals surface area contributed by atoms with Crippen molar-refractivity contribution in [2.24, 2.45) is 0 Å².